The van der Waals surface area contributed by atoms with E-state index in [2.05, 4.69) is 37.4 Å². The second-order valence-corrected chi connectivity index (χ2v) is 5.67. The summed E-state index contributed by atoms with van der Waals surface area (Å²) in [5.41, 5.74) is 0. The minimum atomic E-state index is -0.0201. The fourth-order valence-corrected chi connectivity index (χ4v) is 2.30. The monoisotopic (exact) mass is 137 g/mol. The molecule has 0 aliphatic heterocycles. The van der Waals surface area contributed by atoms with Crippen LogP contribution in [-0.2, 0) is 0 Å². The maximum absolute atomic E-state index is 2.37. The van der Waals surface area contributed by atoms with Gasteiger partial charge in [0.25, 0.3) is 0 Å². The van der Waals surface area contributed by atoms with Crippen LogP contribution in [0.4, 0.5) is 0 Å². The van der Waals surface area contributed by atoms with Crippen molar-refractivity contribution in [3.05, 3.63) is 24.3 Å². The first-order valence-electron chi connectivity index (χ1n) is 3.43. The van der Waals surface area contributed by atoms with Gasteiger partial charge in [-0.2, -0.15) is 0 Å². The van der Waals surface area contributed by atoms with Crippen molar-refractivity contribution in [2.75, 3.05) is 0 Å². The summed E-state index contributed by atoms with van der Waals surface area (Å²) in [4.78, 5) is 0. The van der Waals surface area contributed by atoms with Crippen molar-refractivity contribution < 1.29 is 0 Å². The molecular weight excluding hydrogens is 124 g/mol. The highest BCUT2D eigenvalue weighted by Gasteiger charge is 2.05. The molecule has 1 radical (unpaired) electrons. The zero-order valence-corrected chi connectivity index (χ0v) is 7.09. The van der Waals surface area contributed by atoms with Crippen LogP contribution in [0.1, 0.15) is 0 Å². The van der Waals surface area contributed by atoms with E-state index in [4.69, 9.17) is 0 Å². The normalized spacial score (nSPS) is 18.1. The lowest BCUT2D eigenvalue weighted by molar-refractivity contribution is 0.939. The Morgan fingerprint density at radius 1 is 1.22 bits per heavy atom. The van der Waals surface area contributed by atoms with Gasteiger partial charge in [-0.1, -0.05) is 37.4 Å². The molecule has 1 rings (SSSR count). The molecule has 0 saturated carbocycles. The van der Waals surface area contributed by atoms with Crippen LogP contribution in [0.3, 0.4) is 0 Å². The van der Waals surface area contributed by atoms with Crippen LogP contribution in [-0.4, -0.2) is 8.80 Å². The van der Waals surface area contributed by atoms with Gasteiger partial charge in [0.1, 0.15) is 0 Å². The smallest absolute Gasteiger partial charge is 0.0422 e. The summed E-state index contributed by atoms with van der Waals surface area (Å²) in [5, 5.41) is 0. The first-order chi connectivity index (χ1) is 4.29. The molecule has 0 unspecified atom stereocenters. The Bertz CT molecular complexity index is 122. The summed E-state index contributed by atoms with van der Waals surface area (Å²) in [6.07, 6.45) is 8.88. The molecule has 0 amide bonds. The molecule has 0 bridgehead atoms. The molecule has 1 aliphatic rings. The van der Waals surface area contributed by atoms with Gasteiger partial charge in [0.15, 0.2) is 0 Å². The van der Waals surface area contributed by atoms with E-state index in [0.717, 1.165) is 5.92 Å². The Morgan fingerprint density at radius 3 is 2.22 bits per heavy atom. The van der Waals surface area contributed by atoms with Crippen molar-refractivity contribution in [2.45, 2.75) is 19.1 Å². The number of rotatable bonds is 2. The van der Waals surface area contributed by atoms with Crippen molar-refractivity contribution in [3.8, 4) is 0 Å². The van der Waals surface area contributed by atoms with E-state index in [1.54, 1.807) is 0 Å². The molecule has 0 atom stereocenters. The van der Waals surface area contributed by atoms with Crippen LogP contribution in [0.5, 0.6) is 0 Å². The van der Waals surface area contributed by atoms with Gasteiger partial charge in [0.2, 0.25) is 0 Å². The molecule has 1 heteroatoms. The summed E-state index contributed by atoms with van der Waals surface area (Å²) < 4.78 is 0. The first kappa shape index (κ1) is 6.81. The minimum absolute atomic E-state index is 0.0201. The lowest BCUT2D eigenvalue weighted by atomic mass is 10.2. The van der Waals surface area contributed by atoms with Gasteiger partial charge in [-0.25, -0.2) is 0 Å². The van der Waals surface area contributed by atoms with Gasteiger partial charge in [0, 0.05) is 8.80 Å². The van der Waals surface area contributed by atoms with E-state index in [9.17, 15) is 0 Å². The average molecular weight is 137 g/mol. The molecular formula is C8H13Si. The molecule has 9 heavy (non-hydrogen) atoms. The van der Waals surface area contributed by atoms with Crippen LogP contribution in [0.2, 0.25) is 19.1 Å². The fourth-order valence-electron chi connectivity index (χ4n) is 1.09. The van der Waals surface area contributed by atoms with Crippen LogP contribution in [0.15, 0.2) is 24.3 Å². The Labute approximate surface area is 58.9 Å². The van der Waals surface area contributed by atoms with Crippen LogP contribution >= 0.6 is 0 Å². The topological polar surface area (TPSA) is 0 Å². The highest BCUT2D eigenvalue weighted by Crippen LogP contribution is 2.15. The maximum atomic E-state index is 2.37. The Morgan fingerprint density at radius 2 is 1.78 bits per heavy atom. The summed E-state index contributed by atoms with van der Waals surface area (Å²) in [5.74, 6) is 0.772. The zero-order chi connectivity index (χ0) is 6.69. The van der Waals surface area contributed by atoms with Gasteiger partial charge in [-0.05, 0) is 12.0 Å². The van der Waals surface area contributed by atoms with Gasteiger partial charge in [0.05, 0.1) is 0 Å². The fraction of sp³-hybridized carbons (Fsp3) is 0.500. The average Bonchev–Trinajstić information content (AvgIpc) is 2.15. The molecule has 0 fully saturated rings. The standard InChI is InChI=1S/C8H13Si/c1-9(2)7-8-5-3-4-6-8/h3-6,8H,7H2,1-2H3. The Balaban J connectivity index is 2.29. The summed E-state index contributed by atoms with van der Waals surface area (Å²) in [7, 11) is -0.0201. The molecule has 0 spiro atoms. The quantitative estimate of drug-likeness (QED) is 0.513. The number of hydrogen-bond acceptors (Lipinski definition) is 0. The van der Waals surface area contributed by atoms with Crippen molar-refractivity contribution >= 4 is 8.80 Å². The summed E-state index contributed by atoms with van der Waals surface area (Å²) in [6, 6.07) is 1.40. The molecule has 49 valence electrons. The third kappa shape index (κ3) is 2.18. The summed E-state index contributed by atoms with van der Waals surface area (Å²) >= 11 is 0. The van der Waals surface area contributed by atoms with E-state index in [0.29, 0.717) is 0 Å². The zero-order valence-electron chi connectivity index (χ0n) is 6.09. The van der Waals surface area contributed by atoms with Crippen LogP contribution in [0, 0.1) is 5.92 Å². The minimum Gasteiger partial charge on any atom is -0.0779 e. The predicted octanol–water partition coefficient (Wildman–Crippen LogP) is 2.48. The van der Waals surface area contributed by atoms with Crippen molar-refractivity contribution in [2.24, 2.45) is 5.92 Å². The third-order valence-electron chi connectivity index (χ3n) is 1.47. The SMILES string of the molecule is C[Si](C)CC1C=CC=C1. The first-order valence-corrected chi connectivity index (χ1v) is 6.14. The maximum Gasteiger partial charge on any atom is 0.0422 e. The molecule has 0 aromatic heterocycles. The van der Waals surface area contributed by atoms with Gasteiger partial charge in [-0.15, -0.1) is 0 Å². The van der Waals surface area contributed by atoms with E-state index in [1.165, 1.54) is 6.04 Å². The molecule has 0 saturated heterocycles. The molecule has 0 aromatic carbocycles. The van der Waals surface area contributed by atoms with Gasteiger partial charge >= 0.3 is 0 Å². The number of allylic oxidation sites excluding steroid dienone is 4. The number of hydrogen-bond donors (Lipinski definition) is 0. The molecule has 0 heterocycles. The van der Waals surface area contributed by atoms with Crippen molar-refractivity contribution in [1.29, 1.82) is 0 Å². The summed E-state index contributed by atoms with van der Waals surface area (Å²) in [6.45, 7) is 4.73. The molecule has 0 nitrogen and oxygen atoms in total. The van der Waals surface area contributed by atoms with Gasteiger partial charge in [-0.3, -0.25) is 0 Å². The van der Waals surface area contributed by atoms with E-state index in [1.807, 2.05) is 0 Å². The van der Waals surface area contributed by atoms with E-state index < -0.39 is 0 Å². The third-order valence-corrected chi connectivity index (χ3v) is 2.76. The second kappa shape index (κ2) is 3.02. The van der Waals surface area contributed by atoms with Crippen LogP contribution in [0.25, 0.3) is 0 Å². The van der Waals surface area contributed by atoms with E-state index in [-0.39, 0.29) is 8.80 Å². The Hall–Kier alpha value is -0.303. The van der Waals surface area contributed by atoms with Crippen LogP contribution < -0.4 is 0 Å². The molecule has 1 aliphatic carbocycles. The predicted molar refractivity (Wildman–Crippen MR) is 44.1 cm³/mol. The lowest BCUT2D eigenvalue weighted by Crippen LogP contribution is -2.04. The largest absolute Gasteiger partial charge is 0.0779 e. The highest BCUT2D eigenvalue weighted by molar-refractivity contribution is 6.55. The van der Waals surface area contributed by atoms with E-state index >= 15 is 0 Å². The molecule has 0 aromatic rings. The Kier molecular flexibility index (Phi) is 2.28. The van der Waals surface area contributed by atoms with Gasteiger partial charge < -0.3 is 0 Å². The second-order valence-electron chi connectivity index (χ2n) is 2.84. The van der Waals surface area contributed by atoms with Crippen molar-refractivity contribution in [3.63, 3.8) is 0 Å². The van der Waals surface area contributed by atoms with Crippen molar-refractivity contribution in [1.82, 2.24) is 0 Å². The highest BCUT2D eigenvalue weighted by atomic mass is 28.3. The molecule has 0 N–H and O–H groups in total. The lowest BCUT2D eigenvalue weighted by Gasteiger charge is -2.05.